The fraction of sp³-hybridized carbons (Fsp3) is 0.538. The van der Waals surface area contributed by atoms with E-state index in [0.717, 1.165) is 36.5 Å². The van der Waals surface area contributed by atoms with Gasteiger partial charge in [0.1, 0.15) is 12.4 Å². The monoisotopic (exact) mass is 301 g/mol. The number of hydrogen-bond donors (Lipinski definition) is 0. The van der Waals surface area contributed by atoms with Gasteiger partial charge in [-0.3, -0.25) is 4.90 Å². The van der Waals surface area contributed by atoms with Crippen molar-refractivity contribution in [3.63, 3.8) is 0 Å². The van der Waals surface area contributed by atoms with Crippen molar-refractivity contribution in [1.82, 2.24) is 4.90 Å². The molecule has 0 aliphatic carbocycles. The first-order valence-corrected chi connectivity index (χ1v) is 6.65. The topological polar surface area (TPSA) is 21.7 Å². The molecule has 0 fully saturated rings. The van der Waals surface area contributed by atoms with E-state index in [0.29, 0.717) is 6.61 Å². The Balaban J connectivity index is 2.23. The van der Waals surface area contributed by atoms with Crippen LogP contribution >= 0.6 is 15.9 Å². The molecule has 0 unspecified atom stereocenters. The molecule has 3 nitrogen and oxygen atoms in total. The molecule has 0 saturated heterocycles. The maximum Gasteiger partial charge on any atom is 0.119 e. The minimum absolute atomic E-state index is 0.708. The zero-order valence-corrected chi connectivity index (χ0v) is 12.1. The van der Waals surface area contributed by atoms with Gasteiger partial charge in [0.25, 0.3) is 0 Å². The standard InChI is InChI=1S/C13H20BrNO2/c1-3-15(8-10-16-2)9-11-17-13-6-4-12(14)5-7-13/h4-7H,3,8-11H2,1-2H3. The summed E-state index contributed by atoms with van der Waals surface area (Å²) in [4.78, 5) is 2.31. The molecule has 0 saturated carbocycles. The van der Waals surface area contributed by atoms with Crippen LogP contribution < -0.4 is 4.74 Å². The van der Waals surface area contributed by atoms with Crippen molar-refractivity contribution >= 4 is 15.9 Å². The van der Waals surface area contributed by atoms with E-state index >= 15 is 0 Å². The van der Waals surface area contributed by atoms with Gasteiger partial charge in [-0.2, -0.15) is 0 Å². The average molecular weight is 302 g/mol. The summed E-state index contributed by atoms with van der Waals surface area (Å²) in [5, 5.41) is 0. The second-order valence-corrected chi connectivity index (χ2v) is 4.65. The van der Waals surface area contributed by atoms with Crippen LogP contribution in [-0.2, 0) is 4.74 Å². The van der Waals surface area contributed by atoms with E-state index < -0.39 is 0 Å². The predicted octanol–water partition coefficient (Wildman–Crippen LogP) is 2.80. The Bertz CT molecular complexity index is 303. The molecule has 1 aromatic rings. The van der Waals surface area contributed by atoms with E-state index in [1.807, 2.05) is 24.3 Å². The molecule has 0 heterocycles. The maximum absolute atomic E-state index is 5.67. The van der Waals surface area contributed by atoms with Crippen LogP contribution in [0.2, 0.25) is 0 Å². The molecule has 0 bridgehead atoms. The van der Waals surface area contributed by atoms with Gasteiger partial charge >= 0.3 is 0 Å². The Kier molecular flexibility index (Phi) is 7.24. The summed E-state index contributed by atoms with van der Waals surface area (Å²) in [6.07, 6.45) is 0. The van der Waals surface area contributed by atoms with Crippen LogP contribution in [-0.4, -0.2) is 44.9 Å². The molecule has 0 radical (unpaired) electrons. The highest BCUT2D eigenvalue weighted by atomic mass is 79.9. The smallest absolute Gasteiger partial charge is 0.119 e. The van der Waals surface area contributed by atoms with Gasteiger partial charge in [-0.15, -0.1) is 0 Å². The third kappa shape index (κ3) is 6.05. The van der Waals surface area contributed by atoms with Gasteiger partial charge in [0.05, 0.1) is 6.61 Å². The van der Waals surface area contributed by atoms with E-state index in [2.05, 4.69) is 27.8 Å². The lowest BCUT2D eigenvalue weighted by molar-refractivity contribution is 0.138. The lowest BCUT2D eigenvalue weighted by Gasteiger charge is -2.19. The van der Waals surface area contributed by atoms with Crippen molar-refractivity contribution in [2.24, 2.45) is 0 Å². The highest BCUT2D eigenvalue weighted by Crippen LogP contribution is 2.15. The Morgan fingerprint density at radius 1 is 1.12 bits per heavy atom. The van der Waals surface area contributed by atoms with Crippen molar-refractivity contribution in [3.8, 4) is 5.75 Å². The first-order chi connectivity index (χ1) is 8.26. The molecule has 0 spiro atoms. The Morgan fingerprint density at radius 3 is 2.35 bits per heavy atom. The van der Waals surface area contributed by atoms with E-state index in [-0.39, 0.29) is 0 Å². The summed E-state index contributed by atoms with van der Waals surface area (Å²) < 4.78 is 11.8. The quantitative estimate of drug-likeness (QED) is 0.737. The van der Waals surface area contributed by atoms with Crippen LogP contribution in [0.5, 0.6) is 5.75 Å². The molecule has 0 aliphatic heterocycles. The third-order valence-electron chi connectivity index (χ3n) is 2.55. The van der Waals surface area contributed by atoms with Crippen molar-refractivity contribution in [2.75, 3.05) is 40.0 Å². The minimum Gasteiger partial charge on any atom is -0.492 e. The van der Waals surface area contributed by atoms with Crippen LogP contribution in [0, 0.1) is 0 Å². The summed E-state index contributed by atoms with van der Waals surface area (Å²) in [7, 11) is 1.73. The van der Waals surface area contributed by atoms with Gasteiger partial charge in [-0.1, -0.05) is 22.9 Å². The van der Waals surface area contributed by atoms with Crippen molar-refractivity contribution < 1.29 is 9.47 Å². The van der Waals surface area contributed by atoms with E-state index in [4.69, 9.17) is 9.47 Å². The molecule has 1 aromatic carbocycles. The zero-order chi connectivity index (χ0) is 12.5. The number of hydrogen-bond acceptors (Lipinski definition) is 3. The summed E-state index contributed by atoms with van der Waals surface area (Å²) in [5.41, 5.74) is 0. The maximum atomic E-state index is 5.67. The lowest BCUT2D eigenvalue weighted by atomic mass is 10.3. The number of methoxy groups -OCH3 is 1. The number of halogens is 1. The van der Waals surface area contributed by atoms with Gasteiger partial charge < -0.3 is 9.47 Å². The molecule has 96 valence electrons. The van der Waals surface area contributed by atoms with Gasteiger partial charge in [-0.25, -0.2) is 0 Å². The summed E-state index contributed by atoms with van der Waals surface area (Å²) in [6, 6.07) is 7.90. The molecule has 1 rings (SSSR count). The Labute approximate surface area is 112 Å². The van der Waals surface area contributed by atoms with Gasteiger partial charge in [-0.05, 0) is 30.8 Å². The second kappa shape index (κ2) is 8.50. The van der Waals surface area contributed by atoms with Crippen LogP contribution in [0.1, 0.15) is 6.92 Å². The van der Waals surface area contributed by atoms with E-state index in [1.165, 1.54) is 0 Å². The fourth-order valence-corrected chi connectivity index (χ4v) is 1.74. The molecule has 17 heavy (non-hydrogen) atoms. The first kappa shape index (κ1) is 14.5. The number of ether oxygens (including phenoxy) is 2. The van der Waals surface area contributed by atoms with E-state index in [9.17, 15) is 0 Å². The molecule has 0 aromatic heterocycles. The van der Waals surface area contributed by atoms with Crippen LogP contribution in [0.3, 0.4) is 0 Å². The molecule has 0 atom stereocenters. The second-order valence-electron chi connectivity index (χ2n) is 3.73. The van der Waals surface area contributed by atoms with Crippen LogP contribution in [0.15, 0.2) is 28.7 Å². The van der Waals surface area contributed by atoms with E-state index in [1.54, 1.807) is 7.11 Å². The zero-order valence-electron chi connectivity index (χ0n) is 10.5. The first-order valence-electron chi connectivity index (χ1n) is 5.86. The average Bonchev–Trinajstić information content (AvgIpc) is 2.36. The highest BCUT2D eigenvalue weighted by molar-refractivity contribution is 9.10. The molecular formula is C13H20BrNO2. The van der Waals surface area contributed by atoms with Gasteiger partial charge in [0, 0.05) is 24.7 Å². The number of benzene rings is 1. The van der Waals surface area contributed by atoms with Crippen LogP contribution in [0.25, 0.3) is 0 Å². The number of rotatable bonds is 8. The summed E-state index contributed by atoms with van der Waals surface area (Å²) in [5.74, 6) is 0.913. The fourth-order valence-electron chi connectivity index (χ4n) is 1.47. The summed E-state index contributed by atoms with van der Waals surface area (Å²) >= 11 is 3.40. The van der Waals surface area contributed by atoms with Crippen LogP contribution in [0.4, 0.5) is 0 Å². The number of likely N-dealkylation sites (N-methyl/N-ethyl adjacent to an activating group) is 1. The SMILES string of the molecule is CCN(CCOC)CCOc1ccc(Br)cc1. The van der Waals surface area contributed by atoms with Gasteiger partial charge in [0.15, 0.2) is 0 Å². The Hall–Kier alpha value is -0.580. The molecule has 0 amide bonds. The molecular weight excluding hydrogens is 282 g/mol. The molecule has 0 aliphatic rings. The minimum atomic E-state index is 0.708. The van der Waals surface area contributed by atoms with Crippen molar-refractivity contribution in [2.45, 2.75) is 6.92 Å². The lowest BCUT2D eigenvalue weighted by Crippen LogP contribution is -2.31. The van der Waals surface area contributed by atoms with Gasteiger partial charge in [0.2, 0.25) is 0 Å². The molecule has 4 heteroatoms. The predicted molar refractivity (Wildman–Crippen MR) is 73.6 cm³/mol. The molecule has 0 N–H and O–H groups in total. The van der Waals surface area contributed by atoms with Crippen molar-refractivity contribution in [1.29, 1.82) is 0 Å². The normalized spacial score (nSPS) is 10.8. The highest BCUT2D eigenvalue weighted by Gasteiger charge is 2.02. The number of nitrogens with zero attached hydrogens (tertiary/aromatic N) is 1. The largest absolute Gasteiger partial charge is 0.492 e. The summed E-state index contributed by atoms with van der Waals surface area (Å²) in [6.45, 7) is 6.53. The Morgan fingerprint density at radius 2 is 1.76 bits per heavy atom. The van der Waals surface area contributed by atoms with Crippen molar-refractivity contribution in [3.05, 3.63) is 28.7 Å². The third-order valence-corrected chi connectivity index (χ3v) is 3.08.